The molecule has 2 aliphatic heterocycles. The Balaban J connectivity index is 1.87. The summed E-state index contributed by atoms with van der Waals surface area (Å²) in [5, 5.41) is 0. The number of imidazole rings is 1. The van der Waals surface area contributed by atoms with Crippen molar-refractivity contribution >= 4 is 23.6 Å². The van der Waals surface area contributed by atoms with Crippen LogP contribution in [0.5, 0.6) is 0 Å². The minimum atomic E-state index is -0.994. The Morgan fingerprint density at radius 3 is 2.73 bits per heavy atom. The lowest BCUT2D eigenvalue weighted by molar-refractivity contribution is -0.782. The van der Waals surface area contributed by atoms with Crippen molar-refractivity contribution in [2.24, 2.45) is 11.5 Å². The number of carbonyl (C=O) groups excluding carboxylic acids is 4. The molecule has 2 aliphatic rings. The lowest BCUT2D eigenvalue weighted by Gasteiger charge is -2.38. The number of quaternary nitrogens is 1. The SMILES string of the molecule is NC(=O)[C@@H]1CCC[N+]1(C(=O)CN1CCC1=O)C(=O)[C@@H](N)Cc1cnc[nH]1. The van der Waals surface area contributed by atoms with E-state index < -0.39 is 34.3 Å². The highest BCUT2D eigenvalue weighted by Gasteiger charge is 2.58. The molecular formula is C16H23N6O4+. The number of aromatic amines is 1. The van der Waals surface area contributed by atoms with E-state index in [0.29, 0.717) is 31.5 Å². The molecule has 0 bridgehead atoms. The standard InChI is InChI=1S/C16H22N6O4/c17-11(6-10-7-19-9-20-10)16(26)22(5-1-2-12(22)15(18)25)14(24)8-21-4-3-13(21)23/h7,9,11-12H,1-6,8,17H2,(H2-,18,19,20,25)/p+1/t11-,12-,22?/m0/s1. The van der Waals surface area contributed by atoms with Crippen molar-refractivity contribution in [2.45, 2.75) is 37.8 Å². The van der Waals surface area contributed by atoms with Gasteiger partial charge in [0.1, 0.15) is 12.6 Å². The summed E-state index contributed by atoms with van der Waals surface area (Å²) in [5.74, 6) is -1.88. The lowest BCUT2D eigenvalue weighted by Crippen LogP contribution is -2.69. The summed E-state index contributed by atoms with van der Waals surface area (Å²) < 4.78 is -0.700. The number of imide groups is 1. The molecule has 2 fully saturated rings. The molecule has 0 saturated carbocycles. The molecule has 3 heterocycles. The predicted molar refractivity (Wildman–Crippen MR) is 88.8 cm³/mol. The third kappa shape index (κ3) is 3.01. The number of hydrogen-bond donors (Lipinski definition) is 3. The normalized spacial score (nSPS) is 26.4. The summed E-state index contributed by atoms with van der Waals surface area (Å²) in [7, 11) is 0. The van der Waals surface area contributed by atoms with Gasteiger partial charge in [-0.2, -0.15) is 4.48 Å². The van der Waals surface area contributed by atoms with Gasteiger partial charge < -0.3 is 21.4 Å². The first-order chi connectivity index (χ1) is 12.4. The van der Waals surface area contributed by atoms with Gasteiger partial charge in [0.2, 0.25) is 5.91 Å². The number of hydrogen-bond acceptors (Lipinski definition) is 6. The van der Waals surface area contributed by atoms with Gasteiger partial charge in [-0.3, -0.25) is 9.59 Å². The van der Waals surface area contributed by atoms with Crippen LogP contribution in [0, 0.1) is 0 Å². The van der Waals surface area contributed by atoms with E-state index in [2.05, 4.69) is 9.97 Å². The second kappa shape index (κ2) is 6.96. The summed E-state index contributed by atoms with van der Waals surface area (Å²) in [4.78, 5) is 57.9. The number of amides is 4. The molecule has 0 aliphatic carbocycles. The maximum Gasteiger partial charge on any atom is 0.341 e. The molecule has 3 atom stereocenters. The third-order valence-electron chi connectivity index (χ3n) is 5.27. The molecule has 140 valence electrons. The molecule has 2 saturated heterocycles. The quantitative estimate of drug-likeness (QED) is 0.394. The first-order valence-corrected chi connectivity index (χ1v) is 8.61. The van der Waals surface area contributed by atoms with Crippen LogP contribution in [0.15, 0.2) is 12.5 Å². The number of primary amides is 1. The molecular weight excluding hydrogens is 340 g/mol. The molecule has 1 aromatic rings. The molecule has 4 amide bonds. The zero-order valence-corrected chi connectivity index (χ0v) is 14.4. The van der Waals surface area contributed by atoms with Gasteiger partial charge in [0.25, 0.3) is 5.91 Å². The van der Waals surface area contributed by atoms with E-state index in [4.69, 9.17) is 11.5 Å². The number of H-pyrrole nitrogens is 1. The van der Waals surface area contributed by atoms with Crippen LogP contribution in [0.4, 0.5) is 0 Å². The Morgan fingerprint density at radius 2 is 2.19 bits per heavy atom. The van der Waals surface area contributed by atoms with E-state index in [1.165, 1.54) is 11.2 Å². The highest BCUT2D eigenvalue weighted by atomic mass is 16.2. The fourth-order valence-corrected chi connectivity index (χ4v) is 3.79. The maximum atomic E-state index is 13.2. The molecule has 3 rings (SSSR count). The molecule has 10 heteroatoms. The number of likely N-dealkylation sites (tertiary alicyclic amines) is 2. The number of nitrogens with two attached hydrogens (primary N) is 2. The monoisotopic (exact) mass is 363 g/mol. The highest BCUT2D eigenvalue weighted by molar-refractivity contribution is 5.95. The first kappa shape index (κ1) is 18.2. The molecule has 10 nitrogen and oxygen atoms in total. The van der Waals surface area contributed by atoms with E-state index >= 15 is 0 Å². The number of nitrogens with one attached hydrogen (secondary N) is 1. The molecule has 1 aromatic heterocycles. The summed E-state index contributed by atoms with van der Waals surface area (Å²) >= 11 is 0. The fraction of sp³-hybridized carbons (Fsp3) is 0.562. The summed E-state index contributed by atoms with van der Waals surface area (Å²) in [6, 6.07) is -1.94. The minimum absolute atomic E-state index is 0.138. The van der Waals surface area contributed by atoms with Crippen LogP contribution in [-0.2, 0) is 25.6 Å². The fourth-order valence-electron chi connectivity index (χ4n) is 3.79. The molecule has 0 aromatic carbocycles. The van der Waals surface area contributed by atoms with Crippen molar-refractivity contribution in [2.75, 3.05) is 19.6 Å². The van der Waals surface area contributed by atoms with E-state index in [9.17, 15) is 19.2 Å². The van der Waals surface area contributed by atoms with Gasteiger partial charge in [0.05, 0.1) is 12.9 Å². The maximum absolute atomic E-state index is 13.2. The van der Waals surface area contributed by atoms with Crippen LogP contribution in [0.1, 0.15) is 25.0 Å². The Kier molecular flexibility index (Phi) is 4.88. The van der Waals surface area contributed by atoms with Gasteiger partial charge in [-0.1, -0.05) is 0 Å². The molecule has 0 spiro atoms. The van der Waals surface area contributed by atoms with Crippen LogP contribution in [-0.4, -0.2) is 74.7 Å². The van der Waals surface area contributed by atoms with Gasteiger partial charge in [0, 0.05) is 44.1 Å². The van der Waals surface area contributed by atoms with E-state index in [1.54, 1.807) is 6.20 Å². The Hall–Kier alpha value is -2.59. The second-order valence-electron chi connectivity index (χ2n) is 6.84. The minimum Gasteiger partial charge on any atom is -0.364 e. The highest BCUT2D eigenvalue weighted by Crippen LogP contribution is 2.30. The van der Waals surface area contributed by atoms with Crippen molar-refractivity contribution in [1.29, 1.82) is 0 Å². The van der Waals surface area contributed by atoms with E-state index in [1.807, 2.05) is 0 Å². The number of β-lactam (4-membered cyclic amide) rings is 1. The van der Waals surface area contributed by atoms with Gasteiger partial charge >= 0.3 is 11.8 Å². The van der Waals surface area contributed by atoms with Gasteiger partial charge in [-0.25, -0.2) is 14.6 Å². The topological polar surface area (TPSA) is 152 Å². The van der Waals surface area contributed by atoms with Crippen molar-refractivity contribution < 1.29 is 23.7 Å². The average Bonchev–Trinajstić information content (AvgIpc) is 3.27. The van der Waals surface area contributed by atoms with Crippen LogP contribution in [0.2, 0.25) is 0 Å². The van der Waals surface area contributed by atoms with Crippen LogP contribution in [0.25, 0.3) is 0 Å². The smallest absolute Gasteiger partial charge is 0.341 e. The number of carbonyl (C=O) groups is 4. The predicted octanol–water partition coefficient (Wildman–Crippen LogP) is -1.97. The third-order valence-corrected chi connectivity index (χ3v) is 5.27. The van der Waals surface area contributed by atoms with Gasteiger partial charge in [-0.05, 0) is 0 Å². The Bertz CT molecular complexity index is 733. The molecule has 1 unspecified atom stereocenters. The summed E-state index contributed by atoms with van der Waals surface area (Å²) in [5.41, 5.74) is 12.2. The Labute approximate surface area is 150 Å². The van der Waals surface area contributed by atoms with Crippen LogP contribution >= 0.6 is 0 Å². The van der Waals surface area contributed by atoms with Crippen molar-refractivity contribution in [3.8, 4) is 0 Å². The zero-order valence-electron chi connectivity index (χ0n) is 14.4. The number of nitrogens with zero attached hydrogens (tertiary/aromatic N) is 3. The zero-order chi connectivity index (χ0) is 18.9. The van der Waals surface area contributed by atoms with Crippen molar-refractivity contribution in [3.63, 3.8) is 0 Å². The summed E-state index contributed by atoms with van der Waals surface area (Å²) in [6.07, 6.45) is 4.43. The average molecular weight is 363 g/mol. The summed E-state index contributed by atoms with van der Waals surface area (Å²) in [6.45, 7) is 0.440. The molecule has 26 heavy (non-hydrogen) atoms. The first-order valence-electron chi connectivity index (χ1n) is 8.61. The molecule has 5 N–H and O–H groups in total. The Morgan fingerprint density at radius 1 is 1.42 bits per heavy atom. The number of aromatic nitrogens is 2. The molecule has 0 radical (unpaired) electrons. The largest absolute Gasteiger partial charge is 0.364 e. The van der Waals surface area contributed by atoms with Gasteiger partial charge in [0.15, 0.2) is 6.04 Å². The second-order valence-corrected chi connectivity index (χ2v) is 6.84. The lowest BCUT2D eigenvalue weighted by atomic mass is 10.1. The van der Waals surface area contributed by atoms with Crippen molar-refractivity contribution in [1.82, 2.24) is 14.9 Å². The van der Waals surface area contributed by atoms with Crippen LogP contribution in [0.3, 0.4) is 0 Å². The van der Waals surface area contributed by atoms with E-state index in [0.717, 1.165) is 0 Å². The van der Waals surface area contributed by atoms with Crippen molar-refractivity contribution in [3.05, 3.63) is 18.2 Å². The van der Waals surface area contributed by atoms with Crippen LogP contribution < -0.4 is 11.5 Å². The van der Waals surface area contributed by atoms with Gasteiger partial charge in [-0.15, -0.1) is 0 Å². The number of rotatable bonds is 6. The van der Waals surface area contributed by atoms with E-state index in [-0.39, 0.29) is 25.4 Å².